The molecule has 3 unspecified atom stereocenters. The molecule has 0 aromatic heterocycles. The van der Waals surface area contributed by atoms with Crippen molar-refractivity contribution in [3.8, 4) is 5.75 Å². The number of thioether (sulfide) groups is 1. The van der Waals surface area contributed by atoms with Gasteiger partial charge in [0, 0.05) is 31.7 Å². The second-order valence-electron chi connectivity index (χ2n) is 6.77. The molecule has 1 heterocycles. The van der Waals surface area contributed by atoms with E-state index in [-0.39, 0.29) is 6.61 Å². The monoisotopic (exact) mass is 460 g/mol. The molecule has 0 bridgehead atoms. The van der Waals surface area contributed by atoms with Gasteiger partial charge >= 0.3 is 17.9 Å². The maximum absolute atomic E-state index is 11.7. The summed E-state index contributed by atoms with van der Waals surface area (Å²) in [5.41, 5.74) is -0.691. The average molecular weight is 461 g/mol. The Kier molecular flexibility index (Phi) is 8.81. The maximum Gasteiger partial charge on any atom is 0.303 e. The van der Waals surface area contributed by atoms with Crippen LogP contribution in [0.1, 0.15) is 27.7 Å². The molecule has 0 saturated carbocycles. The third-order valence-corrected chi connectivity index (χ3v) is 5.82. The fraction of sp³-hybridized carbons (Fsp3) is 0.550. The Bertz CT molecular complexity index is 784. The van der Waals surface area contributed by atoms with Crippen LogP contribution in [0.4, 0.5) is 0 Å². The second kappa shape index (κ2) is 10.9. The van der Waals surface area contributed by atoms with Crippen LogP contribution in [0.5, 0.6) is 5.75 Å². The van der Waals surface area contributed by atoms with Crippen LogP contribution in [0, 0.1) is 5.92 Å². The summed E-state index contributed by atoms with van der Waals surface area (Å²) in [5.74, 6) is -1.38. The van der Waals surface area contributed by atoms with Crippen molar-refractivity contribution in [2.75, 3.05) is 13.7 Å². The summed E-state index contributed by atoms with van der Waals surface area (Å²) in [6.45, 7) is 5.51. The molecule has 1 fully saturated rings. The van der Waals surface area contributed by atoms with Gasteiger partial charge in [-0.3, -0.25) is 14.4 Å². The van der Waals surface area contributed by atoms with Crippen molar-refractivity contribution in [2.45, 2.75) is 56.3 Å². The number of benzene rings is 1. The molecular formula is C20H25ClO8S. The lowest BCUT2D eigenvalue weighted by molar-refractivity contribution is -0.212. The molecule has 2 rings (SSSR count). The predicted octanol–water partition coefficient (Wildman–Crippen LogP) is 3.23. The quantitative estimate of drug-likeness (QED) is 0.448. The third-order valence-electron chi connectivity index (χ3n) is 4.40. The van der Waals surface area contributed by atoms with Crippen LogP contribution in [-0.4, -0.2) is 55.4 Å². The molecule has 0 amide bonds. The molecule has 0 radical (unpaired) electrons. The summed E-state index contributed by atoms with van der Waals surface area (Å²) < 4.78 is 27.5. The molecule has 1 aromatic rings. The summed E-state index contributed by atoms with van der Waals surface area (Å²) in [6, 6.07) is 5.12. The van der Waals surface area contributed by atoms with Crippen LogP contribution >= 0.6 is 23.4 Å². The highest BCUT2D eigenvalue weighted by Crippen LogP contribution is 2.42. The van der Waals surface area contributed by atoms with E-state index in [0.29, 0.717) is 15.7 Å². The minimum absolute atomic E-state index is 0.117. The second-order valence-corrected chi connectivity index (χ2v) is 8.34. The van der Waals surface area contributed by atoms with Crippen molar-refractivity contribution in [1.82, 2.24) is 0 Å². The van der Waals surface area contributed by atoms with Gasteiger partial charge in [-0.15, -0.1) is 0 Å². The van der Waals surface area contributed by atoms with Crippen LogP contribution in [0.15, 0.2) is 23.1 Å². The summed E-state index contributed by atoms with van der Waals surface area (Å²) >= 11 is 7.38. The number of carbonyl (C=O) groups is 3. The summed E-state index contributed by atoms with van der Waals surface area (Å²) in [6.07, 6.45) is -2.26. The molecule has 1 aliphatic rings. The average Bonchev–Trinajstić information content (AvgIpc) is 2.65. The zero-order valence-electron chi connectivity index (χ0n) is 17.4. The molecule has 1 saturated heterocycles. The molecule has 1 aromatic carbocycles. The third kappa shape index (κ3) is 6.52. The molecule has 10 heteroatoms. The molecule has 1 aliphatic heterocycles. The summed E-state index contributed by atoms with van der Waals surface area (Å²) in [7, 11) is 1.53. The Balaban J connectivity index is 2.37. The Labute approximate surface area is 184 Å². The zero-order chi connectivity index (χ0) is 22.4. The summed E-state index contributed by atoms with van der Waals surface area (Å²) in [5, 5.41) is 0.500. The molecule has 8 nitrogen and oxygen atoms in total. The largest absolute Gasteiger partial charge is 0.496 e. The van der Waals surface area contributed by atoms with Crippen molar-refractivity contribution in [3.63, 3.8) is 0 Å². The predicted molar refractivity (Wildman–Crippen MR) is 109 cm³/mol. The van der Waals surface area contributed by atoms with E-state index >= 15 is 0 Å². The van der Waals surface area contributed by atoms with Crippen molar-refractivity contribution >= 4 is 41.3 Å². The Morgan fingerprint density at radius 1 is 1.07 bits per heavy atom. The first kappa shape index (κ1) is 24.3. The zero-order valence-corrected chi connectivity index (χ0v) is 19.0. The minimum Gasteiger partial charge on any atom is -0.496 e. The Morgan fingerprint density at radius 2 is 1.70 bits per heavy atom. The normalized spacial score (nSPS) is 25.9. The van der Waals surface area contributed by atoms with Gasteiger partial charge in [0.15, 0.2) is 0 Å². The number of hydrogen-bond donors (Lipinski definition) is 0. The standard InChI is InChI=1S/C20H25ClO8S/c1-10-18(27-12(3)23)16(9-26-11(2)22)29-20(19(10)28-13(4)24)30-17-8-14(21)6-7-15(17)25-5/h6-8,10,16,18-20H,9H2,1-5H3/t10?,16?,18-,19?,20-/m1/s1. The van der Waals surface area contributed by atoms with Crippen LogP contribution in [-0.2, 0) is 33.3 Å². The number of esters is 3. The van der Waals surface area contributed by atoms with Crippen LogP contribution in [0.3, 0.4) is 0 Å². The molecule has 30 heavy (non-hydrogen) atoms. The van der Waals surface area contributed by atoms with E-state index in [1.165, 1.54) is 39.6 Å². The van der Waals surface area contributed by atoms with E-state index in [2.05, 4.69) is 0 Å². The van der Waals surface area contributed by atoms with Crippen molar-refractivity contribution in [3.05, 3.63) is 23.2 Å². The highest BCUT2D eigenvalue weighted by molar-refractivity contribution is 8.00. The van der Waals surface area contributed by atoms with E-state index in [1.807, 2.05) is 0 Å². The first-order valence-corrected chi connectivity index (χ1v) is 10.5. The minimum atomic E-state index is -0.774. The maximum atomic E-state index is 11.7. The van der Waals surface area contributed by atoms with Crippen molar-refractivity contribution in [2.24, 2.45) is 5.92 Å². The number of methoxy groups -OCH3 is 1. The van der Waals surface area contributed by atoms with Crippen LogP contribution < -0.4 is 4.74 Å². The van der Waals surface area contributed by atoms with Gasteiger partial charge in [0.25, 0.3) is 0 Å². The van der Waals surface area contributed by atoms with Crippen molar-refractivity contribution in [1.29, 1.82) is 0 Å². The van der Waals surface area contributed by atoms with E-state index in [1.54, 1.807) is 25.1 Å². The van der Waals surface area contributed by atoms with Gasteiger partial charge in [0.2, 0.25) is 0 Å². The van der Waals surface area contributed by atoms with Gasteiger partial charge in [-0.2, -0.15) is 0 Å². The van der Waals surface area contributed by atoms with Crippen molar-refractivity contribution < 1.29 is 38.1 Å². The van der Waals surface area contributed by atoms with Crippen LogP contribution in [0.25, 0.3) is 0 Å². The molecule has 0 N–H and O–H groups in total. The van der Waals surface area contributed by atoms with Gasteiger partial charge in [0.05, 0.1) is 12.0 Å². The molecular weight excluding hydrogens is 436 g/mol. The van der Waals surface area contributed by atoms with Gasteiger partial charge in [-0.25, -0.2) is 0 Å². The van der Waals surface area contributed by atoms with Gasteiger partial charge in [-0.1, -0.05) is 30.3 Å². The molecule has 0 spiro atoms. The Hall–Kier alpha value is -1.97. The lowest BCUT2D eigenvalue weighted by atomic mass is 9.91. The van der Waals surface area contributed by atoms with E-state index in [4.69, 9.17) is 35.3 Å². The molecule has 166 valence electrons. The molecule has 0 aliphatic carbocycles. The Morgan fingerprint density at radius 3 is 2.27 bits per heavy atom. The first-order valence-electron chi connectivity index (χ1n) is 9.25. The van der Waals surface area contributed by atoms with Gasteiger partial charge in [-0.05, 0) is 18.2 Å². The fourth-order valence-corrected chi connectivity index (χ4v) is 4.71. The van der Waals surface area contributed by atoms with Gasteiger partial charge in [0.1, 0.15) is 36.1 Å². The smallest absolute Gasteiger partial charge is 0.303 e. The number of rotatable bonds is 7. The SMILES string of the molecule is COc1ccc(Cl)cc1S[C@H]1OC(COC(C)=O)[C@H](OC(C)=O)C(C)C1OC(C)=O. The lowest BCUT2D eigenvalue weighted by Gasteiger charge is -2.43. The topological polar surface area (TPSA) is 97.4 Å². The first-order chi connectivity index (χ1) is 14.1. The van der Waals surface area contributed by atoms with Crippen LogP contribution in [0.2, 0.25) is 5.02 Å². The van der Waals surface area contributed by atoms with Gasteiger partial charge < -0.3 is 23.7 Å². The molecule has 5 atom stereocenters. The highest BCUT2D eigenvalue weighted by atomic mass is 35.5. The van der Waals surface area contributed by atoms with E-state index < -0.39 is 47.6 Å². The van der Waals surface area contributed by atoms with E-state index in [0.717, 1.165) is 0 Å². The highest BCUT2D eigenvalue weighted by Gasteiger charge is 2.48. The number of hydrogen-bond acceptors (Lipinski definition) is 9. The number of ether oxygens (including phenoxy) is 5. The fourth-order valence-electron chi connectivity index (χ4n) is 3.13. The number of halogens is 1. The van der Waals surface area contributed by atoms with E-state index in [9.17, 15) is 14.4 Å². The summed E-state index contributed by atoms with van der Waals surface area (Å²) in [4.78, 5) is 35.4. The number of carbonyl (C=O) groups excluding carboxylic acids is 3. The lowest BCUT2D eigenvalue weighted by Crippen LogP contribution is -2.56.